The van der Waals surface area contributed by atoms with E-state index in [1.807, 2.05) is 6.08 Å². The van der Waals surface area contributed by atoms with Crippen molar-refractivity contribution in [1.29, 1.82) is 0 Å². The Morgan fingerprint density at radius 2 is 2.50 bits per heavy atom. The number of hydrogen-bond donors (Lipinski definition) is 2. The zero-order chi connectivity index (χ0) is 5.98. The predicted molar refractivity (Wildman–Crippen MR) is 32.6 cm³/mol. The average Bonchev–Trinajstić information content (AvgIpc) is 2.14. The normalized spacial score (nSPS) is 37.6. The first-order chi connectivity index (χ1) is 3.83. The van der Waals surface area contributed by atoms with Gasteiger partial charge in [0, 0.05) is 12.6 Å². The molecule has 1 aliphatic rings. The van der Waals surface area contributed by atoms with Crippen molar-refractivity contribution in [2.75, 3.05) is 6.54 Å². The van der Waals surface area contributed by atoms with E-state index >= 15 is 0 Å². The van der Waals surface area contributed by atoms with Gasteiger partial charge in [-0.05, 0) is 6.42 Å². The number of β-amino-alcohol motifs (C(OH)–C–C–N with tert-alkyl or cyclic N) is 1. The van der Waals surface area contributed by atoms with E-state index in [2.05, 4.69) is 11.9 Å². The molecule has 2 heteroatoms. The third-order valence-electron chi connectivity index (χ3n) is 1.43. The van der Waals surface area contributed by atoms with Crippen LogP contribution in [0.15, 0.2) is 12.7 Å². The van der Waals surface area contributed by atoms with E-state index in [1.54, 1.807) is 0 Å². The lowest BCUT2D eigenvalue weighted by atomic mass is 10.2. The van der Waals surface area contributed by atoms with Gasteiger partial charge >= 0.3 is 0 Å². The molecule has 0 unspecified atom stereocenters. The lowest BCUT2D eigenvalue weighted by molar-refractivity contribution is 0.194. The van der Waals surface area contributed by atoms with Crippen molar-refractivity contribution in [3.05, 3.63) is 12.7 Å². The number of nitrogens with one attached hydrogen (secondary N) is 1. The highest BCUT2D eigenvalue weighted by atomic mass is 16.3. The molecule has 2 nitrogen and oxygen atoms in total. The Morgan fingerprint density at radius 1 is 1.75 bits per heavy atom. The van der Waals surface area contributed by atoms with Gasteiger partial charge in [0.25, 0.3) is 0 Å². The topological polar surface area (TPSA) is 32.3 Å². The minimum absolute atomic E-state index is 0.155. The van der Waals surface area contributed by atoms with Crippen LogP contribution < -0.4 is 5.32 Å². The van der Waals surface area contributed by atoms with E-state index in [0.29, 0.717) is 6.04 Å². The molecule has 1 heterocycles. The van der Waals surface area contributed by atoms with Gasteiger partial charge in [-0.15, -0.1) is 6.58 Å². The molecule has 1 fully saturated rings. The molecule has 0 aromatic carbocycles. The second-order valence-electron chi connectivity index (χ2n) is 2.14. The van der Waals surface area contributed by atoms with Crippen molar-refractivity contribution in [3.63, 3.8) is 0 Å². The lowest BCUT2D eigenvalue weighted by Crippen LogP contribution is -2.18. The monoisotopic (exact) mass is 113 g/mol. The quantitative estimate of drug-likeness (QED) is 0.465. The summed E-state index contributed by atoms with van der Waals surface area (Å²) < 4.78 is 0. The highest BCUT2D eigenvalue weighted by Crippen LogP contribution is 2.05. The van der Waals surface area contributed by atoms with Crippen LogP contribution in [0, 0.1) is 0 Å². The van der Waals surface area contributed by atoms with Gasteiger partial charge in [0.15, 0.2) is 0 Å². The van der Waals surface area contributed by atoms with Crippen LogP contribution in [0.4, 0.5) is 0 Å². The average molecular weight is 113 g/mol. The predicted octanol–water partition coefficient (Wildman–Crippen LogP) is -0.105. The fraction of sp³-hybridized carbons (Fsp3) is 0.667. The van der Waals surface area contributed by atoms with Crippen LogP contribution in [0.3, 0.4) is 0 Å². The summed E-state index contributed by atoms with van der Waals surface area (Å²) in [5.41, 5.74) is 0. The van der Waals surface area contributed by atoms with Gasteiger partial charge in [0.05, 0.1) is 6.10 Å². The highest BCUT2D eigenvalue weighted by Gasteiger charge is 2.18. The molecule has 0 saturated carbocycles. The van der Waals surface area contributed by atoms with Crippen LogP contribution in [0.1, 0.15) is 6.42 Å². The fourth-order valence-corrected chi connectivity index (χ4v) is 0.927. The molecule has 0 radical (unpaired) electrons. The molecule has 0 spiro atoms. The molecule has 0 aromatic rings. The molecule has 0 aromatic heterocycles. The van der Waals surface area contributed by atoms with Gasteiger partial charge in [0.1, 0.15) is 0 Å². The Bertz CT molecular complexity index is 92.5. The number of hydrogen-bond acceptors (Lipinski definition) is 2. The minimum atomic E-state index is -0.155. The Labute approximate surface area is 49.2 Å². The van der Waals surface area contributed by atoms with Gasteiger partial charge in [-0.2, -0.15) is 0 Å². The Hall–Kier alpha value is -0.340. The molecule has 1 rings (SSSR count). The third-order valence-corrected chi connectivity index (χ3v) is 1.43. The van der Waals surface area contributed by atoms with Gasteiger partial charge in [-0.3, -0.25) is 0 Å². The third kappa shape index (κ3) is 1.08. The smallest absolute Gasteiger partial charge is 0.0682 e. The van der Waals surface area contributed by atoms with Crippen LogP contribution in [-0.2, 0) is 0 Å². The van der Waals surface area contributed by atoms with Crippen LogP contribution in [0.2, 0.25) is 0 Å². The largest absolute Gasteiger partial charge is 0.392 e. The van der Waals surface area contributed by atoms with E-state index in [-0.39, 0.29) is 6.10 Å². The molecule has 1 aliphatic heterocycles. The van der Waals surface area contributed by atoms with Gasteiger partial charge in [0.2, 0.25) is 0 Å². The molecule has 8 heavy (non-hydrogen) atoms. The molecule has 0 bridgehead atoms. The van der Waals surface area contributed by atoms with Crippen molar-refractivity contribution in [2.45, 2.75) is 18.6 Å². The molecule has 0 amide bonds. The summed E-state index contributed by atoms with van der Waals surface area (Å²) in [5.74, 6) is 0. The van der Waals surface area contributed by atoms with Crippen molar-refractivity contribution < 1.29 is 5.11 Å². The molecular formula is C6H11NO. The maximum Gasteiger partial charge on any atom is 0.0682 e. The lowest BCUT2D eigenvalue weighted by Gasteiger charge is -1.98. The summed E-state index contributed by atoms with van der Waals surface area (Å²) in [6.07, 6.45) is 2.50. The summed E-state index contributed by atoms with van der Waals surface area (Å²) >= 11 is 0. The van der Waals surface area contributed by atoms with Crippen molar-refractivity contribution in [3.8, 4) is 0 Å². The van der Waals surface area contributed by atoms with Crippen LogP contribution in [-0.4, -0.2) is 23.8 Å². The molecular weight excluding hydrogens is 102 g/mol. The SMILES string of the molecule is C=C[C@@H]1C[C@@H](O)CN1. The van der Waals surface area contributed by atoms with Crippen LogP contribution >= 0.6 is 0 Å². The molecule has 2 N–H and O–H groups in total. The maximum atomic E-state index is 8.92. The second-order valence-corrected chi connectivity index (χ2v) is 2.14. The van der Waals surface area contributed by atoms with Crippen molar-refractivity contribution >= 4 is 0 Å². The van der Waals surface area contributed by atoms with Gasteiger partial charge < -0.3 is 10.4 Å². The van der Waals surface area contributed by atoms with E-state index in [9.17, 15) is 0 Å². The first-order valence-electron chi connectivity index (χ1n) is 2.87. The summed E-state index contributed by atoms with van der Waals surface area (Å²) in [6, 6.07) is 0.338. The van der Waals surface area contributed by atoms with E-state index < -0.39 is 0 Å². The number of rotatable bonds is 1. The van der Waals surface area contributed by atoms with Gasteiger partial charge in [-0.1, -0.05) is 6.08 Å². The molecule has 46 valence electrons. The van der Waals surface area contributed by atoms with Crippen LogP contribution in [0.25, 0.3) is 0 Å². The summed E-state index contributed by atoms with van der Waals surface area (Å²) in [7, 11) is 0. The van der Waals surface area contributed by atoms with Crippen molar-refractivity contribution in [2.24, 2.45) is 0 Å². The Balaban J connectivity index is 2.32. The molecule has 2 atom stereocenters. The number of aliphatic hydroxyl groups excluding tert-OH is 1. The van der Waals surface area contributed by atoms with Crippen molar-refractivity contribution in [1.82, 2.24) is 5.32 Å². The molecule has 0 aliphatic carbocycles. The first kappa shape index (κ1) is 5.79. The number of aliphatic hydroxyl groups is 1. The first-order valence-corrected chi connectivity index (χ1v) is 2.87. The standard InChI is InChI=1S/C6H11NO/c1-2-5-3-6(8)4-7-5/h2,5-8H,1,3-4H2/t5-,6-/m1/s1. The Kier molecular flexibility index (Phi) is 1.65. The van der Waals surface area contributed by atoms with E-state index in [0.717, 1.165) is 13.0 Å². The second kappa shape index (κ2) is 2.29. The summed E-state index contributed by atoms with van der Waals surface area (Å²) in [6.45, 7) is 4.32. The fourth-order valence-electron chi connectivity index (χ4n) is 0.927. The highest BCUT2D eigenvalue weighted by molar-refractivity contribution is 4.92. The van der Waals surface area contributed by atoms with E-state index in [1.165, 1.54) is 0 Å². The molecule has 1 saturated heterocycles. The summed E-state index contributed by atoms with van der Waals surface area (Å²) in [4.78, 5) is 0. The van der Waals surface area contributed by atoms with Crippen LogP contribution in [0.5, 0.6) is 0 Å². The minimum Gasteiger partial charge on any atom is -0.392 e. The van der Waals surface area contributed by atoms with E-state index in [4.69, 9.17) is 5.11 Å². The summed E-state index contributed by atoms with van der Waals surface area (Å²) in [5, 5.41) is 12.0. The van der Waals surface area contributed by atoms with Gasteiger partial charge in [-0.25, -0.2) is 0 Å². The Morgan fingerprint density at radius 3 is 2.75 bits per heavy atom. The zero-order valence-corrected chi connectivity index (χ0v) is 4.80. The maximum absolute atomic E-state index is 8.92. The zero-order valence-electron chi connectivity index (χ0n) is 4.80.